The number of nitrogens with zero attached hydrogens (tertiary/aromatic N) is 4. The van der Waals surface area contributed by atoms with Crippen molar-refractivity contribution < 1.29 is 19.0 Å². The van der Waals surface area contributed by atoms with E-state index in [-0.39, 0.29) is 35.4 Å². The van der Waals surface area contributed by atoms with Crippen LogP contribution in [0.25, 0.3) is 11.3 Å². The molecular formula is C28H31FN6O3. The molecule has 198 valence electrons. The summed E-state index contributed by atoms with van der Waals surface area (Å²) in [5.74, 6) is -0.353. The van der Waals surface area contributed by atoms with Gasteiger partial charge in [0.25, 0.3) is 5.91 Å². The summed E-state index contributed by atoms with van der Waals surface area (Å²) in [7, 11) is 0. The number of fused-ring (bicyclic) bond motifs is 1. The molecule has 4 heterocycles. The highest BCUT2D eigenvalue weighted by Gasteiger charge is 2.28. The molecule has 9 nitrogen and oxygen atoms in total. The topological polar surface area (TPSA) is 123 Å². The number of halogens is 1. The summed E-state index contributed by atoms with van der Waals surface area (Å²) >= 11 is 0. The first-order valence-corrected chi connectivity index (χ1v) is 12.8. The molecule has 0 spiro atoms. The van der Waals surface area contributed by atoms with Gasteiger partial charge in [-0.05, 0) is 37.3 Å². The smallest absolute Gasteiger partial charge is 0.255 e. The van der Waals surface area contributed by atoms with Gasteiger partial charge in [-0.2, -0.15) is 5.26 Å². The zero-order valence-corrected chi connectivity index (χ0v) is 21.7. The Morgan fingerprint density at radius 3 is 2.76 bits per heavy atom. The Balaban J connectivity index is 0.00000164. The van der Waals surface area contributed by atoms with Gasteiger partial charge >= 0.3 is 0 Å². The molecule has 1 aromatic carbocycles. The normalized spacial score (nSPS) is 17.6. The van der Waals surface area contributed by atoms with E-state index >= 15 is 0 Å². The van der Waals surface area contributed by atoms with Crippen LogP contribution in [0.4, 0.5) is 21.6 Å². The summed E-state index contributed by atoms with van der Waals surface area (Å²) in [5, 5.41) is 25.1. The number of benzene rings is 1. The van der Waals surface area contributed by atoms with Crippen LogP contribution in [0.3, 0.4) is 0 Å². The molecule has 1 fully saturated rings. The first kappa shape index (κ1) is 27.0. The summed E-state index contributed by atoms with van der Waals surface area (Å²) in [6, 6.07) is 11.6. The maximum Gasteiger partial charge on any atom is 0.255 e. The van der Waals surface area contributed by atoms with Gasteiger partial charge in [0, 0.05) is 19.5 Å². The van der Waals surface area contributed by atoms with Gasteiger partial charge in [-0.3, -0.25) is 4.79 Å². The number of likely N-dealkylation sites (N-methyl/N-ethyl adjacent to an activating group) is 1. The van der Waals surface area contributed by atoms with Crippen molar-refractivity contribution in [3.8, 4) is 17.3 Å². The molecule has 2 aliphatic rings. The SMILES string of the molecule is CC.CCN(CC1CC(O)CO1)c1ccc(Nc2cc(-c3c(F)cccc3C#N)nc3c2C(=O)NC3)nc1. The van der Waals surface area contributed by atoms with E-state index in [1.165, 1.54) is 18.2 Å². The van der Waals surface area contributed by atoms with E-state index in [4.69, 9.17) is 4.74 Å². The molecule has 1 amide bonds. The molecular weight excluding hydrogens is 487 g/mol. The maximum atomic E-state index is 14.7. The third-order valence-electron chi connectivity index (χ3n) is 6.37. The molecule has 3 N–H and O–H groups in total. The fourth-order valence-corrected chi connectivity index (χ4v) is 4.60. The number of carbonyl (C=O) groups is 1. The van der Waals surface area contributed by atoms with Gasteiger partial charge in [-0.25, -0.2) is 14.4 Å². The third-order valence-corrected chi connectivity index (χ3v) is 6.37. The Hall–Kier alpha value is -4.07. The lowest BCUT2D eigenvalue weighted by atomic mass is 10.0. The van der Waals surface area contributed by atoms with Crippen LogP contribution in [-0.2, 0) is 11.3 Å². The molecule has 2 aliphatic heterocycles. The molecule has 1 saturated heterocycles. The number of ether oxygens (including phenoxy) is 1. The van der Waals surface area contributed by atoms with Crippen LogP contribution in [0.15, 0.2) is 42.6 Å². The average molecular weight is 519 g/mol. The molecule has 2 aromatic heterocycles. The second kappa shape index (κ2) is 12.0. The molecule has 0 bridgehead atoms. The zero-order valence-electron chi connectivity index (χ0n) is 21.7. The third kappa shape index (κ3) is 5.59. The van der Waals surface area contributed by atoms with E-state index in [1.807, 2.05) is 32.9 Å². The van der Waals surface area contributed by atoms with Gasteiger partial charge in [0.2, 0.25) is 0 Å². The highest BCUT2D eigenvalue weighted by atomic mass is 19.1. The second-order valence-electron chi connectivity index (χ2n) is 8.74. The highest BCUT2D eigenvalue weighted by molar-refractivity contribution is 6.04. The number of carbonyl (C=O) groups excluding carboxylic acids is 1. The summed E-state index contributed by atoms with van der Waals surface area (Å²) in [6.45, 7) is 8.00. The first-order chi connectivity index (χ1) is 18.5. The van der Waals surface area contributed by atoms with Gasteiger partial charge in [0.05, 0.1) is 77.1 Å². The maximum absolute atomic E-state index is 14.7. The Bertz CT molecular complexity index is 1340. The number of rotatable bonds is 7. The molecule has 3 aromatic rings. The monoisotopic (exact) mass is 518 g/mol. The van der Waals surface area contributed by atoms with Crippen molar-refractivity contribution in [3.63, 3.8) is 0 Å². The lowest BCUT2D eigenvalue weighted by molar-refractivity contribution is 0.0916. The number of nitrogens with one attached hydrogen (secondary N) is 2. The van der Waals surface area contributed by atoms with Crippen molar-refractivity contribution >= 4 is 23.1 Å². The number of hydrogen-bond donors (Lipinski definition) is 3. The van der Waals surface area contributed by atoms with Crippen LogP contribution in [0.5, 0.6) is 0 Å². The summed E-state index contributed by atoms with van der Waals surface area (Å²) in [6.07, 6.45) is 1.88. The predicted molar refractivity (Wildman–Crippen MR) is 143 cm³/mol. The Morgan fingerprint density at radius 2 is 2.11 bits per heavy atom. The Morgan fingerprint density at radius 1 is 1.29 bits per heavy atom. The van der Waals surface area contributed by atoms with Crippen molar-refractivity contribution in [2.24, 2.45) is 0 Å². The Kier molecular flexibility index (Phi) is 8.51. The predicted octanol–water partition coefficient (Wildman–Crippen LogP) is 4.14. The number of nitriles is 1. The molecule has 0 aliphatic carbocycles. The second-order valence-corrected chi connectivity index (χ2v) is 8.74. The van der Waals surface area contributed by atoms with Crippen LogP contribution < -0.4 is 15.5 Å². The van der Waals surface area contributed by atoms with Crippen molar-refractivity contribution in [2.45, 2.75) is 45.9 Å². The summed E-state index contributed by atoms with van der Waals surface area (Å²) in [4.78, 5) is 23.6. The lowest BCUT2D eigenvalue weighted by Crippen LogP contribution is -2.32. The van der Waals surface area contributed by atoms with Crippen LogP contribution in [-0.4, -0.2) is 52.9 Å². The largest absolute Gasteiger partial charge is 0.391 e. The lowest BCUT2D eigenvalue weighted by Gasteiger charge is -2.25. The highest BCUT2D eigenvalue weighted by Crippen LogP contribution is 2.33. The van der Waals surface area contributed by atoms with Crippen molar-refractivity contribution in [1.29, 1.82) is 5.26 Å². The van der Waals surface area contributed by atoms with Crippen LogP contribution in [0, 0.1) is 17.1 Å². The van der Waals surface area contributed by atoms with E-state index in [9.17, 15) is 19.6 Å². The molecule has 2 unspecified atom stereocenters. The molecule has 2 atom stereocenters. The molecule has 5 rings (SSSR count). The quantitative estimate of drug-likeness (QED) is 0.426. The molecule has 10 heteroatoms. The number of aliphatic hydroxyl groups is 1. The van der Waals surface area contributed by atoms with Crippen molar-refractivity contribution in [2.75, 3.05) is 29.9 Å². The molecule has 0 saturated carbocycles. The van der Waals surface area contributed by atoms with E-state index in [0.29, 0.717) is 42.3 Å². The van der Waals surface area contributed by atoms with Crippen LogP contribution >= 0.6 is 0 Å². The Labute approximate surface area is 221 Å². The van der Waals surface area contributed by atoms with Gasteiger partial charge in [-0.15, -0.1) is 0 Å². The van der Waals surface area contributed by atoms with Crippen molar-refractivity contribution in [3.05, 3.63) is 65.2 Å². The van der Waals surface area contributed by atoms with Crippen molar-refractivity contribution in [1.82, 2.24) is 15.3 Å². The first-order valence-electron chi connectivity index (χ1n) is 12.8. The number of anilines is 3. The van der Waals surface area contributed by atoms with E-state index < -0.39 is 11.9 Å². The average Bonchev–Trinajstić information content (AvgIpc) is 3.53. The van der Waals surface area contributed by atoms with E-state index in [0.717, 1.165) is 12.2 Å². The zero-order chi connectivity index (χ0) is 27.2. The van der Waals surface area contributed by atoms with Crippen LogP contribution in [0.2, 0.25) is 0 Å². The number of pyridine rings is 2. The summed E-state index contributed by atoms with van der Waals surface area (Å²) in [5.41, 5.74) is 2.67. The minimum absolute atomic E-state index is 0.0363. The fourth-order valence-electron chi connectivity index (χ4n) is 4.60. The van der Waals surface area contributed by atoms with Gasteiger partial charge in [0.1, 0.15) is 11.6 Å². The number of aromatic nitrogens is 2. The minimum Gasteiger partial charge on any atom is -0.391 e. The molecule has 0 radical (unpaired) electrons. The fraction of sp³-hybridized carbons (Fsp3) is 0.357. The number of aliphatic hydroxyl groups excluding tert-OH is 1. The van der Waals surface area contributed by atoms with Crippen LogP contribution in [0.1, 0.15) is 48.8 Å². The minimum atomic E-state index is -0.564. The number of amides is 1. The summed E-state index contributed by atoms with van der Waals surface area (Å²) < 4.78 is 20.3. The van der Waals surface area contributed by atoms with E-state index in [2.05, 4.69) is 25.5 Å². The van der Waals surface area contributed by atoms with E-state index in [1.54, 1.807) is 18.3 Å². The van der Waals surface area contributed by atoms with Gasteiger partial charge < -0.3 is 25.4 Å². The van der Waals surface area contributed by atoms with Gasteiger partial charge in [-0.1, -0.05) is 19.9 Å². The standard InChI is InChI=1S/C26H25FN6O3.C2H6/c1-2-33(13-18-8-17(34)14-36-18)16-6-7-23(29-11-16)32-21-9-20(31-22-12-30-26(35)25(21)22)24-15(10-28)4-3-5-19(24)27;1-2/h3-7,9,11,17-18,34H,2,8,12-14H2,1H3,(H,30,35)(H,29,31,32);1-2H3. The van der Waals surface area contributed by atoms with Gasteiger partial charge in [0.15, 0.2) is 0 Å². The number of hydrogen-bond acceptors (Lipinski definition) is 8. The molecule has 38 heavy (non-hydrogen) atoms.